The largest absolute Gasteiger partial charge is 0.858 e. The van der Waals surface area contributed by atoms with Crippen LogP contribution in [0.3, 0.4) is 0 Å². The molecular weight excluding hydrogens is 262 g/mol. The molecule has 2 aliphatic carbocycles. The highest BCUT2D eigenvalue weighted by Gasteiger charge is 2.68. The number of halogens is 1. The molecule has 0 aromatic carbocycles. The van der Waals surface area contributed by atoms with Crippen LogP contribution in [0.1, 0.15) is 33.6 Å². The maximum Gasteiger partial charge on any atom is 0.339 e. The Morgan fingerprint density at radius 3 is 2.53 bits per heavy atom. The predicted molar refractivity (Wildman–Crippen MR) is 64.6 cm³/mol. The maximum atomic E-state index is 11.8. The molecule has 0 aromatic heterocycles. The Kier molecular flexibility index (Phi) is 2.71. The van der Waals surface area contributed by atoms with Crippen molar-refractivity contribution in [2.45, 2.75) is 33.6 Å². The molecule has 0 unspecified atom stereocenters. The number of fused-ring (bicyclic) bond motifs is 1. The van der Waals surface area contributed by atoms with Crippen LogP contribution in [0, 0.1) is 29.1 Å². The van der Waals surface area contributed by atoms with Gasteiger partial charge in [-0.15, -0.1) is 0 Å². The van der Waals surface area contributed by atoms with Gasteiger partial charge in [0, 0.05) is 27.9 Å². The SMILES string of the molecule is CC1(C)[C@@H]2CC[C@@](C)(/C([O-])=N/S(=O)(=O)Cl)[CH+][C@@H]21. The molecule has 0 saturated heterocycles. The molecule has 6 heteroatoms. The first-order chi connectivity index (χ1) is 7.56. The van der Waals surface area contributed by atoms with Crippen molar-refractivity contribution in [2.75, 3.05) is 0 Å². The van der Waals surface area contributed by atoms with Gasteiger partial charge in [0.25, 0.3) is 0 Å². The first-order valence-corrected chi connectivity index (χ1v) is 7.91. The number of hydrogen-bond acceptors (Lipinski definition) is 3. The van der Waals surface area contributed by atoms with E-state index in [1.165, 1.54) is 0 Å². The van der Waals surface area contributed by atoms with Crippen LogP contribution >= 0.6 is 10.7 Å². The molecule has 0 amide bonds. The molecule has 0 aromatic rings. The highest BCUT2D eigenvalue weighted by atomic mass is 35.7. The summed E-state index contributed by atoms with van der Waals surface area (Å²) in [6.07, 6.45) is 3.55. The van der Waals surface area contributed by atoms with Crippen LogP contribution in [0.5, 0.6) is 0 Å². The van der Waals surface area contributed by atoms with Crippen LogP contribution in [0.15, 0.2) is 4.40 Å². The Morgan fingerprint density at radius 1 is 1.47 bits per heavy atom. The zero-order valence-corrected chi connectivity index (χ0v) is 11.7. The van der Waals surface area contributed by atoms with Crippen LogP contribution in [-0.2, 0) is 9.24 Å². The molecule has 2 fully saturated rings. The molecule has 2 rings (SSSR count). The van der Waals surface area contributed by atoms with Crippen molar-refractivity contribution in [3.63, 3.8) is 0 Å². The lowest BCUT2D eigenvalue weighted by atomic mass is 9.75. The molecule has 17 heavy (non-hydrogen) atoms. The second-order valence-corrected chi connectivity index (χ2v) is 8.06. The number of rotatable bonds is 2. The van der Waals surface area contributed by atoms with Gasteiger partial charge in [0.15, 0.2) is 0 Å². The van der Waals surface area contributed by atoms with Crippen molar-refractivity contribution in [3.05, 3.63) is 6.42 Å². The summed E-state index contributed by atoms with van der Waals surface area (Å²) in [6, 6.07) is 0. The molecule has 0 spiro atoms. The zero-order valence-electron chi connectivity index (χ0n) is 10.1. The predicted octanol–water partition coefficient (Wildman–Crippen LogP) is 1.51. The second-order valence-electron chi connectivity index (χ2n) is 5.88. The third-order valence-electron chi connectivity index (χ3n) is 4.34. The molecule has 0 aliphatic heterocycles. The summed E-state index contributed by atoms with van der Waals surface area (Å²) in [5.74, 6) is 0.364. The van der Waals surface area contributed by atoms with Gasteiger partial charge in [-0.2, -0.15) is 12.8 Å². The van der Waals surface area contributed by atoms with Gasteiger partial charge >= 0.3 is 9.24 Å². The molecule has 2 aliphatic rings. The fourth-order valence-corrected chi connectivity index (χ4v) is 3.58. The van der Waals surface area contributed by atoms with E-state index >= 15 is 0 Å². The van der Waals surface area contributed by atoms with Crippen LogP contribution < -0.4 is 5.11 Å². The Hall–Kier alpha value is -0.420. The van der Waals surface area contributed by atoms with E-state index in [0.29, 0.717) is 18.3 Å². The van der Waals surface area contributed by atoms with E-state index in [-0.39, 0.29) is 5.41 Å². The first-order valence-electron chi connectivity index (χ1n) is 5.64. The minimum absolute atomic E-state index is 0.234. The highest BCUT2D eigenvalue weighted by Crippen LogP contribution is 2.67. The molecule has 2 saturated carbocycles. The third-order valence-corrected chi connectivity index (χ3v) is 4.93. The summed E-state index contributed by atoms with van der Waals surface area (Å²) >= 11 is 0. The van der Waals surface area contributed by atoms with Gasteiger partial charge in [-0.1, -0.05) is 13.8 Å². The van der Waals surface area contributed by atoms with Crippen LogP contribution in [-0.4, -0.2) is 14.3 Å². The molecule has 0 radical (unpaired) electrons. The maximum absolute atomic E-state index is 11.8. The van der Waals surface area contributed by atoms with Gasteiger partial charge < -0.3 is 5.11 Å². The monoisotopic (exact) mass is 277 g/mol. The summed E-state index contributed by atoms with van der Waals surface area (Å²) in [7, 11) is 0.867. The lowest BCUT2D eigenvalue weighted by Crippen LogP contribution is -2.40. The molecule has 0 bridgehead atoms. The van der Waals surface area contributed by atoms with Gasteiger partial charge in [0.1, 0.15) is 11.3 Å². The molecule has 0 N–H and O–H groups in total. The number of hydrogen-bond donors (Lipinski definition) is 0. The quantitative estimate of drug-likeness (QED) is 0.332. The van der Waals surface area contributed by atoms with Crippen LogP contribution in [0.2, 0.25) is 0 Å². The molecule has 3 atom stereocenters. The van der Waals surface area contributed by atoms with Crippen molar-refractivity contribution in [3.8, 4) is 0 Å². The Morgan fingerprint density at radius 2 is 2.06 bits per heavy atom. The fraction of sp³-hybridized carbons (Fsp3) is 0.818. The lowest BCUT2D eigenvalue weighted by Gasteiger charge is -2.29. The van der Waals surface area contributed by atoms with Crippen molar-refractivity contribution in [2.24, 2.45) is 27.1 Å². The molecule has 0 heterocycles. The summed E-state index contributed by atoms with van der Waals surface area (Å²) in [5, 5.41) is 11.8. The third kappa shape index (κ3) is 2.27. The summed E-state index contributed by atoms with van der Waals surface area (Å²) < 4.78 is 24.7. The molecule has 96 valence electrons. The summed E-state index contributed by atoms with van der Waals surface area (Å²) in [4.78, 5) is 0. The van der Waals surface area contributed by atoms with Crippen LogP contribution in [0.4, 0.5) is 0 Å². The molecular formula is C11H16ClNO3S. The average Bonchev–Trinajstić information content (AvgIpc) is 2.65. The fourth-order valence-electron chi connectivity index (χ4n) is 2.99. The van der Waals surface area contributed by atoms with Gasteiger partial charge in [-0.05, 0) is 19.8 Å². The van der Waals surface area contributed by atoms with E-state index in [0.717, 1.165) is 6.42 Å². The van der Waals surface area contributed by atoms with Crippen molar-refractivity contribution in [1.29, 1.82) is 0 Å². The lowest BCUT2D eigenvalue weighted by molar-refractivity contribution is -0.228. The molecule has 4 nitrogen and oxygen atoms in total. The zero-order chi connectivity index (χ0) is 13.1. The summed E-state index contributed by atoms with van der Waals surface area (Å²) in [6.45, 7) is 6.08. The van der Waals surface area contributed by atoms with E-state index < -0.39 is 20.5 Å². The van der Waals surface area contributed by atoms with E-state index in [9.17, 15) is 13.5 Å². The Bertz CT molecular complexity index is 471. The highest BCUT2D eigenvalue weighted by molar-refractivity contribution is 8.12. The minimum Gasteiger partial charge on any atom is -0.858 e. The minimum atomic E-state index is -4.12. The summed E-state index contributed by atoms with van der Waals surface area (Å²) in [5.41, 5.74) is -0.547. The number of nitrogens with zero attached hydrogens (tertiary/aromatic N) is 1. The van der Waals surface area contributed by atoms with E-state index in [1.54, 1.807) is 6.92 Å². The van der Waals surface area contributed by atoms with Gasteiger partial charge in [-0.3, -0.25) is 0 Å². The smallest absolute Gasteiger partial charge is 0.339 e. The standard InChI is InChI=1S/C11H16ClNO3S/c1-10(2)7-4-5-11(3,6-8(7)10)9(14)13-17(12,15)16/h6-8H,4-5H2,1-3H3/t7-,8+,11-/m1/s1. The first kappa shape index (κ1) is 13.0. The van der Waals surface area contributed by atoms with Crippen molar-refractivity contribution >= 4 is 25.8 Å². The normalized spacial score (nSPS) is 40.4. The van der Waals surface area contributed by atoms with E-state index in [1.807, 2.05) is 6.42 Å². The van der Waals surface area contributed by atoms with E-state index in [4.69, 9.17) is 10.7 Å². The van der Waals surface area contributed by atoms with Crippen LogP contribution in [0.25, 0.3) is 0 Å². The van der Waals surface area contributed by atoms with Gasteiger partial charge in [0.05, 0.1) is 6.42 Å². The second kappa shape index (κ2) is 3.54. The van der Waals surface area contributed by atoms with E-state index in [2.05, 4.69) is 18.2 Å². The Labute approximate surface area is 107 Å². The van der Waals surface area contributed by atoms with Crippen molar-refractivity contribution < 1.29 is 13.5 Å². The topological polar surface area (TPSA) is 69.6 Å². The van der Waals surface area contributed by atoms with Gasteiger partial charge in [0.2, 0.25) is 0 Å². The van der Waals surface area contributed by atoms with Crippen molar-refractivity contribution in [1.82, 2.24) is 0 Å². The van der Waals surface area contributed by atoms with Gasteiger partial charge in [-0.25, -0.2) is 0 Å². The average molecular weight is 278 g/mol. The Balaban J connectivity index is 2.20.